The number of fused-ring (bicyclic) bond motifs is 1. The SMILES string of the molecule is CCN(CC(N)=O)c1nc2ccccc2cc1C=O. The molecule has 1 heterocycles. The number of likely N-dealkylation sites (N-methyl/N-ethyl adjacent to an activating group) is 1. The van der Waals surface area contributed by atoms with E-state index in [-0.39, 0.29) is 6.54 Å². The highest BCUT2D eigenvalue weighted by Crippen LogP contribution is 2.22. The maximum atomic E-state index is 11.2. The molecule has 0 saturated heterocycles. The zero-order valence-corrected chi connectivity index (χ0v) is 10.7. The number of aromatic nitrogens is 1. The van der Waals surface area contributed by atoms with Crippen molar-refractivity contribution >= 4 is 28.9 Å². The summed E-state index contributed by atoms with van der Waals surface area (Å²) < 4.78 is 0. The van der Waals surface area contributed by atoms with E-state index in [2.05, 4.69) is 4.98 Å². The van der Waals surface area contributed by atoms with Gasteiger partial charge in [-0.05, 0) is 19.1 Å². The summed E-state index contributed by atoms with van der Waals surface area (Å²) in [4.78, 5) is 28.4. The van der Waals surface area contributed by atoms with Gasteiger partial charge in [-0.25, -0.2) is 4.98 Å². The molecule has 0 radical (unpaired) electrons. The molecule has 19 heavy (non-hydrogen) atoms. The van der Waals surface area contributed by atoms with Crippen molar-refractivity contribution in [2.24, 2.45) is 5.73 Å². The molecular formula is C14H15N3O2. The number of anilines is 1. The highest BCUT2D eigenvalue weighted by Gasteiger charge is 2.14. The molecule has 0 aliphatic heterocycles. The van der Waals surface area contributed by atoms with Crippen LogP contribution >= 0.6 is 0 Å². The molecule has 0 atom stereocenters. The van der Waals surface area contributed by atoms with E-state index >= 15 is 0 Å². The number of nitrogens with two attached hydrogens (primary N) is 1. The van der Waals surface area contributed by atoms with E-state index in [1.165, 1.54) is 0 Å². The topological polar surface area (TPSA) is 76.3 Å². The summed E-state index contributed by atoms with van der Waals surface area (Å²) in [5, 5.41) is 0.892. The highest BCUT2D eigenvalue weighted by molar-refractivity contribution is 5.92. The van der Waals surface area contributed by atoms with Crippen molar-refractivity contribution in [1.82, 2.24) is 4.98 Å². The van der Waals surface area contributed by atoms with E-state index in [1.807, 2.05) is 31.2 Å². The first-order valence-corrected chi connectivity index (χ1v) is 6.04. The van der Waals surface area contributed by atoms with Gasteiger partial charge in [0.05, 0.1) is 17.6 Å². The van der Waals surface area contributed by atoms with Gasteiger partial charge in [0.1, 0.15) is 5.82 Å². The Balaban J connectivity index is 2.56. The molecule has 2 rings (SSSR count). The predicted octanol–water partition coefficient (Wildman–Crippen LogP) is 1.36. The van der Waals surface area contributed by atoms with Gasteiger partial charge in [-0.15, -0.1) is 0 Å². The molecule has 0 aliphatic carbocycles. The number of carbonyl (C=O) groups is 2. The van der Waals surface area contributed by atoms with Crippen LogP contribution in [-0.2, 0) is 4.79 Å². The summed E-state index contributed by atoms with van der Waals surface area (Å²) in [5.41, 5.74) is 6.46. The van der Waals surface area contributed by atoms with Crippen molar-refractivity contribution in [3.63, 3.8) is 0 Å². The molecule has 1 aromatic heterocycles. The number of nitrogens with zero attached hydrogens (tertiary/aromatic N) is 2. The maximum Gasteiger partial charge on any atom is 0.236 e. The van der Waals surface area contributed by atoms with E-state index < -0.39 is 5.91 Å². The van der Waals surface area contributed by atoms with Crippen molar-refractivity contribution in [3.8, 4) is 0 Å². The first-order valence-electron chi connectivity index (χ1n) is 6.04. The number of benzene rings is 1. The summed E-state index contributed by atoms with van der Waals surface area (Å²) >= 11 is 0. The zero-order valence-electron chi connectivity index (χ0n) is 10.7. The molecule has 0 aliphatic rings. The molecule has 98 valence electrons. The Morgan fingerprint density at radius 2 is 2.16 bits per heavy atom. The van der Waals surface area contributed by atoms with E-state index in [9.17, 15) is 9.59 Å². The average molecular weight is 257 g/mol. The largest absolute Gasteiger partial charge is 0.368 e. The minimum absolute atomic E-state index is 0.0443. The van der Waals surface area contributed by atoms with Crippen LogP contribution in [0.25, 0.3) is 10.9 Å². The summed E-state index contributed by atoms with van der Waals surface area (Å²) in [5.74, 6) is 0.0451. The molecule has 1 amide bonds. The standard InChI is InChI=1S/C14H15N3O2/c1-2-17(8-13(15)19)14-11(9-18)7-10-5-3-4-6-12(10)16-14/h3-7,9H,2,8H2,1H3,(H2,15,19). The molecular weight excluding hydrogens is 242 g/mol. The van der Waals surface area contributed by atoms with Gasteiger partial charge in [0.2, 0.25) is 5.91 Å². The van der Waals surface area contributed by atoms with Crippen LogP contribution in [0.3, 0.4) is 0 Å². The van der Waals surface area contributed by atoms with Crippen LogP contribution in [0.2, 0.25) is 0 Å². The van der Waals surface area contributed by atoms with E-state index in [1.54, 1.807) is 11.0 Å². The minimum atomic E-state index is -0.450. The number of primary amides is 1. The summed E-state index contributed by atoms with van der Waals surface area (Å²) in [7, 11) is 0. The number of hydrogen-bond donors (Lipinski definition) is 1. The minimum Gasteiger partial charge on any atom is -0.368 e. The molecule has 5 heteroatoms. The number of amides is 1. The molecule has 2 N–H and O–H groups in total. The van der Waals surface area contributed by atoms with Crippen LogP contribution in [-0.4, -0.2) is 30.3 Å². The van der Waals surface area contributed by atoms with Crippen molar-refractivity contribution in [1.29, 1.82) is 0 Å². The second-order valence-electron chi connectivity index (χ2n) is 4.19. The Labute approximate surface area is 111 Å². The van der Waals surface area contributed by atoms with Crippen molar-refractivity contribution in [2.45, 2.75) is 6.92 Å². The second-order valence-corrected chi connectivity index (χ2v) is 4.19. The molecule has 5 nitrogen and oxygen atoms in total. The van der Waals surface area contributed by atoms with Crippen LogP contribution in [0.4, 0.5) is 5.82 Å². The van der Waals surface area contributed by atoms with Gasteiger partial charge >= 0.3 is 0 Å². The van der Waals surface area contributed by atoms with Gasteiger partial charge in [0.15, 0.2) is 6.29 Å². The van der Waals surface area contributed by atoms with Gasteiger partial charge in [0.25, 0.3) is 0 Å². The Hall–Kier alpha value is -2.43. The van der Waals surface area contributed by atoms with Crippen LogP contribution in [0.15, 0.2) is 30.3 Å². The molecule has 0 unspecified atom stereocenters. The molecule has 2 aromatic rings. The van der Waals surface area contributed by atoms with Crippen LogP contribution in [0.5, 0.6) is 0 Å². The maximum absolute atomic E-state index is 11.2. The summed E-state index contributed by atoms with van der Waals surface area (Å²) in [6.45, 7) is 2.48. The third-order valence-electron chi connectivity index (χ3n) is 2.89. The lowest BCUT2D eigenvalue weighted by Gasteiger charge is -2.22. The van der Waals surface area contributed by atoms with Gasteiger partial charge < -0.3 is 10.6 Å². The van der Waals surface area contributed by atoms with E-state index in [4.69, 9.17) is 5.73 Å². The monoisotopic (exact) mass is 257 g/mol. The molecule has 1 aromatic carbocycles. The number of rotatable bonds is 5. The van der Waals surface area contributed by atoms with Gasteiger partial charge in [-0.1, -0.05) is 18.2 Å². The molecule has 0 spiro atoms. The quantitative estimate of drug-likeness (QED) is 0.820. The Bertz CT molecular complexity index is 625. The number of carbonyl (C=O) groups excluding carboxylic acids is 2. The van der Waals surface area contributed by atoms with Gasteiger partial charge in [0, 0.05) is 11.9 Å². The third kappa shape index (κ3) is 2.70. The lowest BCUT2D eigenvalue weighted by molar-refractivity contribution is -0.116. The summed E-state index contributed by atoms with van der Waals surface area (Å²) in [6, 6.07) is 9.30. The lowest BCUT2D eigenvalue weighted by Crippen LogP contribution is -2.34. The first kappa shape index (κ1) is 13.0. The first-order chi connectivity index (χ1) is 9.15. The molecule has 0 saturated carbocycles. The van der Waals surface area contributed by atoms with Crippen molar-refractivity contribution < 1.29 is 9.59 Å². The van der Waals surface area contributed by atoms with E-state index in [0.717, 1.165) is 17.2 Å². The third-order valence-corrected chi connectivity index (χ3v) is 2.89. The highest BCUT2D eigenvalue weighted by atomic mass is 16.1. The van der Waals surface area contributed by atoms with Gasteiger partial charge in [-0.3, -0.25) is 9.59 Å². The summed E-state index contributed by atoms with van der Waals surface area (Å²) in [6.07, 6.45) is 0.748. The molecule has 0 bridgehead atoms. The predicted molar refractivity (Wildman–Crippen MR) is 74.2 cm³/mol. The number of pyridine rings is 1. The number of aldehydes is 1. The average Bonchev–Trinajstić information content (AvgIpc) is 2.43. The van der Waals surface area contributed by atoms with Crippen molar-refractivity contribution in [2.75, 3.05) is 18.0 Å². The lowest BCUT2D eigenvalue weighted by atomic mass is 10.1. The fourth-order valence-electron chi connectivity index (χ4n) is 1.99. The Kier molecular flexibility index (Phi) is 3.75. The van der Waals surface area contributed by atoms with Crippen LogP contribution in [0.1, 0.15) is 17.3 Å². The Morgan fingerprint density at radius 3 is 2.79 bits per heavy atom. The van der Waals surface area contributed by atoms with Crippen LogP contribution < -0.4 is 10.6 Å². The number of para-hydroxylation sites is 1. The number of hydrogen-bond acceptors (Lipinski definition) is 4. The fourth-order valence-corrected chi connectivity index (χ4v) is 1.99. The molecule has 0 fully saturated rings. The fraction of sp³-hybridized carbons (Fsp3) is 0.214. The Morgan fingerprint density at radius 1 is 1.42 bits per heavy atom. The van der Waals surface area contributed by atoms with Gasteiger partial charge in [-0.2, -0.15) is 0 Å². The van der Waals surface area contributed by atoms with E-state index in [0.29, 0.717) is 17.9 Å². The smallest absolute Gasteiger partial charge is 0.236 e. The van der Waals surface area contributed by atoms with Crippen LogP contribution in [0, 0.1) is 0 Å². The van der Waals surface area contributed by atoms with Crippen molar-refractivity contribution in [3.05, 3.63) is 35.9 Å². The second kappa shape index (κ2) is 5.48. The zero-order chi connectivity index (χ0) is 13.8. The normalized spacial score (nSPS) is 10.4.